The Morgan fingerprint density at radius 3 is 1.90 bits per heavy atom. The van der Waals surface area contributed by atoms with Crippen molar-refractivity contribution >= 4 is 33.3 Å². The fraction of sp³-hybridized carbons (Fsp3) is 0.481. The Morgan fingerprint density at radius 1 is 0.846 bits per heavy atom. The number of aromatic carboxylic acids is 1. The number of carboxylic acids is 2. The molecule has 1 saturated carbocycles. The van der Waals surface area contributed by atoms with Crippen LogP contribution in [0.1, 0.15) is 79.6 Å². The first-order valence-electron chi connectivity index (χ1n) is 12.9. The Labute approximate surface area is 225 Å². The van der Waals surface area contributed by atoms with E-state index in [4.69, 9.17) is 9.90 Å². The number of halogens is 3. The van der Waals surface area contributed by atoms with E-state index in [-0.39, 0.29) is 16.1 Å². The van der Waals surface area contributed by atoms with Crippen LogP contribution in [0.15, 0.2) is 47.4 Å². The van der Waals surface area contributed by atoms with E-state index in [2.05, 4.69) is 9.62 Å². The minimum absolute atomic E-state index is 0.125. The average molecular weight is 571 g/mol. The molecule has 2 aromatic rings. The highest BCUT2D eigenvalue weighted by atomic mass is 32.2. The van der Waals surface area contributed by atoms with E-state index in [1.54, 1.807) is 24.3 Å². The molecule has 2 aromatic carbocycles. The molecule has 3 N–H and O–H groups in total. The zero-order chi connectivity index (χ0) is 28.6. The standard InChI is InChI=1S/C25H32N2O4S.C2HF3O2/c28-25(29)23-18-21(12-15-24(23)27-16-6-1-2-7-17-27)26-32(30,31)22-13-10-20(11-14-22)19-8-4-3-5-9-19;3-2(4,5)1(6)7/h10-15,18-19,26H,1-9,16-17H2,(H,28,29);(H,6,7). The van der Waals surface area contributed by atoms with E-state index in [0.717, 1.165) is 51.6 Å². The third-order valence-corrected chi connectivity index (χ3v) is 8.33. The summed E-state index contributed by atoms with van der Waals surface area (Å²) < 4.78 is 60.2. The lowest BCUT2D eigenvalue weighted by Gasteiger charge is -2.25. The Hall–Kier alpha value is -3.28. The van der Waals surface area contributed by atoms with Gasteiger partial charge in [0, 0.05) is 18.8 Å². The molecule has 0 bridgehead atoms. The van der Waals surface area contributed by atoms with Crippen LogP contribution in [0, 0.1) is 0 Å². The predicted molar refractivity (Wildman–Crippen MR) is 141 cm³/mol. The monoisotopic (exact) mass is 570 g/mol. The number of alkyl halides is 3. The highest BCUT2D eigenvalue weighted by Gasteiger charge is 2.38. The molecule has 1 aliphatic carbocycles. The van der Waals surface area contributed by atoms with Crippen molar-refractivity contribution in [2.45, 2.75) is 74.8 Å². The van der Waals surface area contributed by atoms with Crippen LogP contribution in [-0.2, 0) is 14.8 Å². The number of sulfonamides is 1. The van der Waals surface area contributed by atoms with Gasteiger partial charge in [-0.3, -0.25) is 4.72 Å². The van der Waals surface area contributed by atoms with Crippen molar-refractivity contribution < 1.29 is 41.4 Å². The molecular formula is C27H33F3N2O6S. The highest BCUT2D eigenvalue weighted by Crippen LogP contribution is 2.33. The van der Waals surface area contributed by atoms with Gasteiger partial charge in [0.05, 0.1) is 16.1 Å². The summed E-state index contributed by atoms with van der Waals surface area (Å²) in [7, 11) is -3.80. The van der Waals surface area contributed by atoms with Crippen molar-refractivity contribution in [3.05, 3.63) is 53.6 Å². The third kappa shape index (κ3) is 8.61. The first kappa shape index (κ1) is 30.3. The predicted octanol–water partition coefficient (Wildman–Crippen LogP) is 6.25. The molecule has 0 unspecified atom stereocenters. The van der Waals surface area contributed by atoms with Crippen LogP contribution < -0.4 is 9.62 Å². The summed E-state index contributed by atoms with van der Waals surface area (Å²) in [5.74, 6) is -3.30. The van der Waals surface area contributed by atoms with Gasteiger partial charge < -0.3 is 15.1 Å². The average Bonchev–Trinajstić information content (AvgIpc) is 3.18. The Morgan fingerprint density at radius 2 is 1.38 bits per heavy atom. The van der Waals surface area contributed by atoms with Gasteiger partial charge in [-0.25, -0.2) is 18.0 Å². The lowest BCUT2D eigenvalue weighted by Crippen LogP contribution is -2.26. The van der Waals surface area contributed by atoms with E-state index >= 15 is 0 Å². The number of nitrogens with zero attached hydrogens (tertiary/aromatic N) is 1. The maximum absolute atomic E-state index is 12.9. The molecule has 0 radical (unpaired) electrons. The number of rotatable bonds is 6. The summed E-state index contributed by atoms with van der Waals surface area (Å²) in [6.45, 7) is 1.64. The van der Waals surface area contributed by atoms with Crippen molar-refractivity contribution in [1.82, 2.24) is 0 Å². The quantitative estimate of drug-likeness (QED) is 0.375. The van der Waals surface area contributed by atoms with Crippen molar-refractivity contribution in [2.75, 3.05) is 22.7 Å². The molecule has 1 saturated heterocycles. The van der Waals surface area contributed by atoms with Crippen LogP contribution in [-0.4, -0.2) is 49.8 Å². The van der Waals surface area contributed by atoms with Gasteiger partial charge in [-0.15, -0.1) is 0 Å². The van der Waals surface area contributed by atoms with Crippen LogP contribution >= 0.6 is 0 Å². The Kier molecular flexibility index (Phi) is 10.2. The number of carboxylic acid groups (broad SMARTS) is 2. The van der Waals surface area contributed by atoms with E-state index in [1.165, 1.54) is 30.9 Å². The van der Waals surface area contributed by atoms with Crippen LogP contribution in [0.2, 0.25) is 0 Å². The van der Waals surface area contributed by atoms with Gasteiger partial charge in [-0.1, -0.05) is 44.2 Å². The highest BCUT2D eigenvalue weighted by molar-refractivity contribution is 7.92. The zero-order valence-corrected chi connectivity index (χ0v) is 22.2. The van der Waals surface area contributed by atoms with Gasteiger partial charge >= 0.3 is 18.1 Å². The minimum atomic E-state index is -5.08. The fourth-order valence-corrected chi connectivity index (χ4v) is 5.98. The summed E-state index contributed by atoms with van der Waals surface area (Å²) >= 11 is 0. The van der Waals surface area contributed by atoms with Crippen molar-refractivity contribution in [2.24, 2.45) is 0 Å². The van der Waals surface area contributed by atoms with Gasteiger partial charge in [0.25, 0.3) is 10.0 Å². The van der Waals surface area contributed by atoms with Gasteiger partial charge in [0.2, 0.25) is 0 Å². The molecule has 39 heavy (non-hydrogen) atoms. The van der Waals surface area contributed by atoms with Crippen LogP contribution in [0.25, 0.3) is 0 Å². The number of hydrogen-bond donors (Lipinski definition) is 3. The smallest absolute Gasteiger partial charge is 0.478 e. The van der Waals surface area contributed by atoms with Crippen molar-refractivity contribution in [1.29, 1.82) is 0 Å². The summed E-state index contributed by atoms with van der Waals surface area (Å²) in [4.78, 5) is 23.1. The minimum Gasteiger partial charge on any atom is -0.478 e. The molecule has 2 fully saturated rings. The van der Waals surface area contributed by atoms with Crippen LogP contribution in [0.4, 0.5) is 24.5 Å². The molecule has 0 spiro atoms. The maximum atomic E-state index is 12.9. The lowest BCUT2D eigenvalue weighted by molar-refractivity contribution is -0.192. The Balaban J connectivity index is 0.000000532. The third-order valence-electron chi connectivity index (χ3n) is 6.94. The summed E-state index contributed by atoms with van der Waals surface area (Å²) in [5, 5.41) is 16.9. The zero-order valence-electron chi connectivity index (χ0n) is 21.4. The molecule has 0 amide bonds. The normalized spacial score (nSPS) is 16.9. The maximum Gasteiger partial charge on any atom is 0.490 e. The number of nitrogens with one attached hydrogen (secondary N) is 1. The summed E-state index contributed by atoms with van der Waals surface area (Å²) in [5.41, 5.74) is 2.23. The van der Waals surface area contributed by atoms with Crippen molar-refractivity contribution in [3.63, 3.8) is 0 Å². The molecule has 1 heterocycles. The van der Waals surface area contributed by atoms with Crippen LogP contribution in [0.3, 0.4) is 0 Å². The van der Waals surface area contributed by atoms with E-state index in [9.17, 15) is 31.5 Å². The molecule has 4 rings (SSSR count). The Bertz CT molecular complexity index is 1240. The second-order valence-corrected chi connectivity index (χ2v) is 11.4. The van der Waals surface area contributed by atoms with Crippen LogP contribution in [0.5, 0.6) is 0 Å². The first-order valence-corrected chi connectivity index (χ1v) is 14.4. The van der Waals surface area contributed by atoms with Gasteiger partial charge in [0.1, 0.15) is 0 Å². The summed E-state index contributed by atoms with van der Waals surface area (Å²) in [6, 6.07) is 11.9. The fourth-order valence-electron chi connectivity index (χ4n) is 4.93. The first-order chi connectivity index (χ1) is 18.4. The number of anilines is 2. The van der Waals surface area contributed by atoms with E-state index in [0.29, 0.717) is 11.6 Å². The second-order valence-electron chi connectivity index (χ2n) is 9.75. The van der Waals surface area contributed by atoms with Gasteiger partial charge in [-0.05, 0) is 67.5 Å². The number of benzene rings is 2. The largest absolute Gasteiger partial charge is 0.490 e. The van der Waals surface area contributed by atoms with Gasteiger partial charge in [-0.2, -0.15) is 13.2 Å². The van der Waals surface area contributed by atoms with E-state index < -0.39 is 28.1 Å². The molecule has 2 aliphatic rings. The van der Waals surface area contributed by atoms with Gasteiger partial charge in [0.15, 0.2) is 0 Å². The lowest BCUT2D eigenvalue weighted by atomic mass is 9.84. The molecule has 214 valence electrons. The number of carbonyl (C=O) groups is 2. The molecule has 8 nitrogen and oxygen atoms in total. The molecule has 12 heteroatoms. The topological polar surface area (TPSA) is 124 Å². The molecular weight excluding hydrogens is 537 g/mol. The van der Waals surface area contributed by atoms with Crippen molar-refractivity contribution in [3.8, 4) is 0 Å². The SMILES string of the molecule is O=C(O)C(F)(F)F.O=C(O)c1cc(NS(=O)(=O)c2ccc(C3CCCCC3)cc2)ccc1N1CCCCCC1. The molecule has 0 atom stereocenters. The number of aliphatic carboxylic acids is 1. The number of hydrogen-bond acceptors (Lipinski definition) is 5. The van der Waals surface area contributed by atoms with E-state index in [1.807, 2.05) is 12.1 Å². The molecule has 0 aromatic heterocycles. The summed E-state index contributed by atoms with van der Waals surface area (Å²) in [6.07, 6.45) is 5.33. The molecule has 1 aliphatic heterocycles. The second kappa shape index (κ2) is 13.2.